The first kappa shape index (κ1) is 16.5. The topological polar surface area (TPSA) is 102 Å². The fourth-order valence-corrected chi connectivity index (χ4v) is 2.64. The van der Waals surface area contributed by atoms with E-state index in [0.29, 0.717) is 6.54 Å². The standard InChI is InChI=1S/C16H13N5O3S/c22-16(18-17-10-14-2-1-9-25-14)15-7-8-20(19-15)11-12-3-5-13(6-4-12)21(23)24/h1-10H,11H2,(H,18,22). The van der Waals surface area contributed by atoms with Gasteiger partial charge in [0.15, 0.2) is 5.69 Å². The van der Waals surface area contributed by atoms with E-state index in [-0.39, 0.29) is 11.4 Å². The van der Waals surface area contributed by atoms with Crippen LogP contribution in [0, 0.1) is 10.1 Å². The van der Waals surface area contributed by atoms with E-state index in [2.05, 4.69) is 15.6 Å². The van der Waals surface area contributed by atoms with Gasteiger partial charge in [0.2, 0.25) is 0 Å². The number of aromatic nitrogens is 2. The number of nitro benzene ring substituents is 1. The van der Waals surface area contributed by atoms with Crippen LogP contribution < -0.4 is 5.43 Å². The Morgan fingerprint density at radius 2 is 2.12 bits per heavy atom. The molecular formula is C16H13N5O3S. The maximum absolute atomic E-state index is 12.0. The molecule has 0 atom stereocenters. The molecule has 3 aromatic rings. The number of non-ortho nitro benzene ring substituents is 1. The number of rotatable bonds is 6. The number of thiophene rings is 1. The molecule has 126 valence electrons. The predicted molar refractivity (Wildman–Crippen MR) is 93.8 cm³/mol. The van der Waals surface area contributed by atoms with Gasteiger partial charge in [-0.05, 0) is 23.1 Å². The Labute approximate surface area is 146 Å². The van der Waals surface area contributed by atoms with Crippen LogP contribution >= 0.6 is 11.3 Å². The Bertz CT molecular complexity index is 900. The molecule has 0 unspecified atom stereocenters. The summed E-state index contributed by atoms with van der Waals surface area (Å²) in [6, 6.07) is 11.6. The van der Waals surface area contributed by atoms with Gasteiger partial charge in [-0.3, -0.25) is 19.6 Å². The average Bonchev–Trinajstić information content (AvgIpc) is 3.27. The molecular weight excluding hydrogens is 342 g/mol. The third-order valence-corrected chi connectivity index (χ3v) is 4.07. The largest absolute Gasteiger partial charge is 0.291 e. The SMILES string of the molecule is O=C(NN=Cc1cccs1)c1ccn(Cc2ccc([N+](=O)[O-])cc2)n1. The van der Waals surface area contributed by atoms with Gasteiger partial charge in [-0.1, -0.05) is 18.2 Å². The molecule has 0 fully saturated rings. The smallest absolute Gasteiger partial charge is 0.268 e. The van der Waals surface area contributed by atoms with Gasteiger partial charge in [0.25, 0.3) is 11.6 Å². The summed E-state index contributed by atoms with van der Waals surface area (Å²) in [7, 11) is 0. The van der Waals surface area contributed by atoms with Gasteiger partial charge < -0.3 is 0 Å². The van der Waals surface area contributed by atoms with Crippen molar-refractivity contribution in [3.63, 3.8) is 0 Å². The molecule has 0 radical (unpaired) electrons. The second kappa shape index (κ2) is 7.49. The van der Waals surface area contributed by atoms with E-state index in [1.54, 1.807) is 35.3 Å². The number of hydrogen-bond acceptors (Lipinski definition) is 6. The molecule has 0 aliphatic carbocycles. The van der Waals surface area contributed by atoms with Crippen LogP contribution in [0.3, 0.4) is 0 Å². The van der Waals surface area contributed by atoms with Crippen LogP contribution in [0.25, 0.3) is 0 Å². The first-order valence-electron chi connectivity index (χ1n) is 7.25. The molecule has 0 spiro atoms. The summed E-state index contributed by atoms with van der Waals surface area (Å²) in [6.07, 6.45) is 3.23. The molecule has 0 saturated carbocycles. The molecule has 0 aliphatic rings. The van der Waals surface area contributed by atoms with Crippen molar-refractivity contribution in [2.45, 2.75) is 6.54 Å². The maximum Gasteiger partial charge on any atom is 0.291 e. The lowest BCUT2D eigenvalue weighted by Crippen LogP contribution is -2.18. The summed E-state index contributed by atoms with van der Waals surface area (Å²) in [5.74, 6) is -0.407. The van der Waals surface area contributed by atoms with Crippen LogP contribution in [0.2, 0.25) is 0 Å². The van der Waals surface area contributed by atoms with Gasteiger partial charge in [-0.25, -0.2) is 5.43 Å². The highest BCUT2D eigenvalue weighted by Crippen LogP contribution is 2.12. The van der Waals surface area contributed by atoms with Gasteiger partial charge in [0.1, 0.15) is 0 Å². The van der Waals surface area contributed by atoms with Crippen molar-refractivity contribution in [1.82, 2.24) is 15.2 Å². The van der Waals surface area contributed by atoms with Crippen molar-refractivity contribution in [3.05, 3.63) is 80.3 Å². The Morgan fingerprint density at radius 1 is 1.32 bits per heavy atom. The Balaban J connectivity index is 1.59. The molecule has 25 heavy (non-hydrogen) atoms. The zero-order chi connectivity index (χ0) is 17.6. The minimum absolute atomic E-state index is 0.0351. The Morgan fingerprint density at radius 3 is 2.80 bits per heavy atom. The summed E-state index contributed by atoms with van der Waals surface area (Å²) < 4.78 is 1.58. The zero-order valence-corrected chi connectivity index (χ0v) is 13.7. The number of nitrogens with zero attached hydrogens (tertiary/aromatic N) is 4. The summed E-state index contributed by atoms with van der Waals surface area (Å²) in [4.78, 5) is 23.1. The van der Waals surface area contributed by atoms with Crippen LogP contribution in [0.15, 0.2) is 59.1 Å². The normalized spacial score (nSPS) is 10.9. The van der Waals surface area contributed by atoms with Crippen LogP contribution in [0.4, 0.5) is 5.69 Å². The van der Waals surface area contributed by atoms with Gasteiger partial charge in [0.05, 0.1) is 17.7 Å². The van der Waals surface area contributed by atoms with Crippen molar-refractivity contribution in [2.24, 2.45) is 5.10 Å². The molecule has 3 rings (SSSR count). The van der Waals surface area contributed by atoms with E-state index in [1.165, 1.54) is 23.5 Å². The van der Waals surface area contributed by atoms with Crippen LogP contribution in [-0.2, 0) is 6.54 Å². The Kier molecular flexibility index (Phi) is 4.95. The average molecular weight is 355 g/mol. The number of nitrogens with one attached hydrogen (secondary N) is 1. The second-order valence-corrected chi connectivity index (χ2v) is 6.02. The van der Waals surface area contributed by atoms with Crippen molar-refractivity contribution < 1.29 is 9.72 Å². The van der Waals surface area contributed by atoms with E-state index in [4.69, 9.17) is 0 Å². The Hall–Kier alpha value is -3.33. The summed E-state index contributed by atoms with van der Waals surface area (Å²) >= 11 is 1.52. The molecule has 0 saturated heterocycles. The molecule has 1 N–H and O–H groups in total. The number of carbonyl (C=O) groups is 1. The van der Waals surface area contributed by atoms with Crippen molar-refractivity contribution in [3.8, 4) is 0 Å². The molecule has 2 heterocycles. The number of hydrazone groups is 1. The first-order valence-corrected chi connectivity index (χ1v) is 8.13. The van der Waals surface area contributed by atoms with Crippen molar-refractivity contribution >= 4 is 29.1 Å². The fourth-order valence-electron chi connectivity index (χ4n) is 2.06. The van der Waals surface area contributed by atoms with Gasteiger partial charge in [-0.2, -0.15) is 10.2 Å². The van der Waals surface area contributed by atoms with Gasteiger partial charge in [-0.15, -0.1) is 11.3 Å². The van der Waals surface area contributed by atoms with Crippen molar-refractivity contribution in [2.75, 3.05) is 0 Å². The number of carbonyl (C=O) groups excluding carboxylic acids is 1. The van der Waals surface area contributed by atoms with E-state index >= 15 is 0 Å². The van der Waals surface area contributed by atoms with Crippen molar-refractivity contribution in [1.29, 1.82) is 0 Å². The summed E-state index contributed by atoms with van der Waals surface area (Å²) in [5.41, 5.74) is 3.54. The molecule has 9 heteroatoms. The zero-order valence-electron chi connectivity index (χ0n) is 12.9. The van der Waals surface area contributed by atoms with Crippen LogP contribution in [0.1, 0.15) is 20.9 Å². The van der Waals surface area contributed by atoms with E-state index < -0.39 is 10.8 Å². The lowest BCUT2D eigenvalue weighted by atomic mass is 10.2. The lowest BCUT2D eigenvalue weighted by Gasteiger charge is -2.01. The van der Waals surface area contributed by atoms with Gasteiger partial charge in [0, 0.05) is 23.2 Å². The number of amides is 1. The van der Waals surface area contributed by atoms with Crippen LogP contribution in [-0.4, -0.2) is 26.8 Å². The number of benzene rings is 1. The molecule has 2 aromatic heterocycles. The van der Waals surface area contributed by atoms with Crippen LogP contribution in [0.5, 0.6) is 0 Å². The van der Waals surface area contributed by atoms with Gasteiger partial charge >= 0.3 is 0 Å². The lowest BCUT2D eigenvalue weighted by molar-refractivity contribution is -0.384. The molecule has 1 aromatic carbocycles. The molecule has 8 nitrogen and oxygen atoms in total. The number of hydrogen-bond donors (Lipinski definition) is 1. The minimum Gasteiger partial charge on any atom is -0.268 e. The second-order valence-electron chi connectivity index (χ2n) is 5.04. The molecule has 0 bridgehead atoms. The van der Waals surface area contributed by atoms with E-state index in [9.17, 15) is 14.9 Å². The van der Waals surface area contributed by atoms with E-state index in [1.807, 2.05) is 17.5 Å². The number of nitro groups is 1. The third-order valence-electron chi connectivity index (χ3n) is 3.27. The highest BCUT2D eigenvalue weighted by Gasteiger charge is 2.09. The fraction of sp³-hybridized carbons (Fsp3) is 0.0625. The summed E-state index contributed by atoms with van der Waals surface area (Å²) in [6.45, 7) is 0.406. The quantitative estimate of drug-likeness (QED) is 0.417. The minimum atomic E-state index is -0.448. The monoisotopic (exact) mass is 355 g/mol. The highest BCUT2D eigenvalue weighted by atomic mass is 32.1. The maximum atomic E-state index is 12.0. The summed E-state index contributed by atoms with van der Waals surface area (Å²) in [5, 5.41) is 20.6. The third kappa shape index (κ3) is 4.36. The molecule has 1 amide bonds. The highest BCUT2D eigenvalue weighted by molar-refractivity contribution is 7.11. The van der Waals surface area contributed by atoms with E-state index in [0.717, 1.165) is 10.4 Å². The first-order chi connectivity index (χ1) is 12.1. The predicted octanol–water partition coefficient (Wildman–Crippen LogP) is 2.67. The molecule has 0 aliphatic heterocycles.